The maximum atomic E-state index is 5.84. The lowest BCUT2D eigenvalue weighted by Gasteiger charge is -2.04. The molecule has 0 aliphatic carbocycles. The van der Waals surface area contributed by atoms with Crippen molar-refractivity contribution in [2.24, 2.45) is 5.92 Å². The highest BCUT2D eigenvalue weighted by Crippen LogP contribution is 2.16. The van der Waals surface area contributed by atoms with Crippen LogP contribution in [0, 0.1) is 5.92 Å². The third-order valence-corrected chi connectivity index (χ3v) is 2.62. The molecule has 0 unspecified atom stereocenters. The molecule has 0 radical (unpaired) electrons. The number of anilines is 2. The van der Waals surface area contributed by atoms with Crippen LogP contribution in [0.3, 0.4) is 0 Å². The number of nitrogen functional groups attached to an aromatic ring is 1. The summed E-state index contributed by atoms with van der Waals surface area (Å²) in [6.07, 6.45) is 0. The van der Waals surface area contributed by atoms with Crippen molar-refractivity contribution in [2.45, 2.75) is 13.8 Å². The van der Waals surface area contributed by atoms with E-state index in [-0.39, 0.29) is 0 Å². The zero-order valence-corrected chi connectivity index (χ0v) is 11.1. The van der Waals surface area contributed by atoms with Crippen molar-refractivity contribution in [2.75, 3.05) is 17.6 Å². The molecule has 1 aromatic heterocycles. The molecule has 1 aromatic carbocycles. The molecule has 0 fully saturated rings. The monoisotopic (exact) mass is 265 g/mol. The van der Waals surface area contributed by atoms with E-state index >= 15 is 0 Å². The smallest absolute Gasteiger partial charge is 0.244 e. The van der Waals surface area contributed by atoms with Crippen LogP contribution >= 0.6 is 11.6 Å². The van der Waals surface area contributed by atoms with E-state index in [9.17, 15) is 0 Å². The number of hydrogen-bond donors (Lipinski definition) is 2. The molecule has 0 aliphatic rings. The fraction of sp³-hybridized carbons (Fsp3) is 0.333. The van der Waals surface area contributed by atoms with Crippen molar-refractivity contribution in [3.05, 3.63) is 29.3 Å². The zero-order chi connectivity index (χ0) is 13.1. The minimum absolute atomic E-state index is 0.351. The van der Waals surface area contributed by atoms with Gasteiger partial charge in [0, 0.05) is 11.6 Å². The Morgan fingerprint density at radius 1 is 1.33 bits per heavy atom. The van der Waals surface area contributed by atoms with Crippen LogP contribution in [0.25, 0.3) is 5.69 Å². The van der Waals surface area contributed by atoms with Crippen LogP contribution < -0.4 is 11.1 Å². The molecular weight excluding hydrogens is 250 g/mol. The number of rotatable bonds is 4. The van der Waals surface area contributed by atoms with Crippen molar-refractivity contribution in [3.8, 4) is 5.69 Å². The van der Waals surface area contributed by atoms with Gasteiger partial charge in [-0.2, -0.15) is 9.67 Å². The van der Waals surface area contributed by atoms with E-state index in [1.165, 1.54) is 0 Å². The summed E-state index contributed by atoms with van der Waals surface area (Å²) in [7, 11) is 0. The number of halogens is 1. The van der Waals surface area contributed by atoms with E-state index in [0.717, 1.165) is 12.2 Å². The zero-order valence-electron chi connectivity index (χ0n) is 10.4. The molecule has 0 saturated heterocycles. The van der Waals surface area contributed by atoms with Gasteiger partial charge < -0.3 is 11.1 Å². The van der Waals surface area contributed by atoms with Gasteiger partial charge in [-0.15, -0.1) is 5.10 Å². The molecule has 6 heteroatoms. The van der Waals surface area contributed by atoms with Crippen LogP contribution in [0.4, 0.5) is 11.9 Å². The molecule has 0 saturated carbocycles. The molecule has 3 N–H and O–H groups in total. The highest BCUT2D eigenvalue weighted by atomic mass is 35.5. The normalized spacial score (nSPS) is 10.9. The van der Waals surface area contributed by atoms with Crippen LogP contribution in [-0.4, -0.2) is 21.3 Å². The molecule has 96 valence electrons. The van der Waals surface area contributed by atoms with Crippen molar-refractivity contribution < 1.29 is 0 Å². The molecule has 2 rings (SSSR count). The van der Waals surface area contributed by atoms with Crippen LogP contribution in [0.5, 0.6) is 0 Å². The Labute approximate surface area is 111 Å². The van der Waals surface area contributed by atoms with Crippen LogP contribution in [0.1, 0.15) is 13.8 Å². The molecular formula is C12H16ClN5. The highest BCUT2D eigenvalue weighted by molar-refractivity contribution is 6.30. The van der Waals surface area contributed by atoms with E-state index in [0.29, 0.717) is 22.8 Å². The molecule has 18 heavy (non-hydrogen) atoms. The number of hydrogen-bond acceptors (Lipinski definition) is 4. The predicted molar refractivity (Wildman–Crippen MR) is 74.1 cm³/mol. The summed E-state index contributed by atoms with van der Waals surface area (Å²) in [5.41, 5.74) is 6.67. The van der Waals surface area contributed by atoms with Crippen molar-refractivity contribution in [1.82, 2.24) is 14.8 Å². The number of benzene rings is 1. The predicted octanol–water partition coefficient (Wildman–Crippen LogP) is 2.57. The van der Waals surface area contributed by atoms with Crippen molar-refractivity contribution >= 4 is 23.5 Å². The second-order valence-electron chi connectivity index (χ2n) is 4.46. The van der Waals surface area contributed by atoms with E-state index in [1.54, 1.807) is 16.8 Å². The minimum Gasteiger partial charge on any atom is -0.368 e. The summed E-state index contributed by atoms with van der Waals surface area (Å²) in [4.78, 5) is 4.17. The van der Waals surface area contributed by atoms with Gasteiger partial charge in [0.2, 0.25) is 11.9 Å². The molecule has 0 aliphatic heterocycles. The first-order chi connectivity index (χ1) is 8.56. The van der Waals surface area contributed by atoms with Gasteiger partial charge in [0.05, 0.1) is 5.69 Å². The summed E-state index contributed by atoms with van der Waals surface area (Å²) in [5.74, 6) is 1.41. The minimum atomic E-state index is 0.351. The second-order valence-corrected chi connectivity index (χ2v) is 4.89. The maximum Gasteiger partial charge on any atom is 0.244 e. The topological polar surface area (TPSA) is 68.8 Å². The fourth-order valence-corrected chi connectivity index (χ4v) is 1.59. The van der Waals surface area contributed by atoms with Gasteiger partial charge in [0.15, 0.2) is 0 Å². The average Bonchev–Trinajstić information content (AvgIpc) is 2.69. The van der Waals surface area contributed by atoms with Crippen LogP contribution in [0.15, 0.2) is 24.3 Å². The standard InChI is InChI=1S/C12H16ClN5/c1-8(2)7-15-12-16-11(14)18(17-12)10-5-3-9(13)4-6-10/h3-6,8H,7H2,1-2H3,(H3,14,15,16,17). The molecule has 0 amide bonds. The summed E-state index contributed by atoms with van der Waals surface area (Å²) >= 11 is 5.84. The van der Waals surface area contributed by atoms with Gasteiger partial charge in [-0.3, -0.25) is 0 Å². The van der Waals surface area contributed by atoms with Crippen LogP contribution in [0.2, 0.25) is 5.02 Å². The number of aromatic nitrogens is 3. The molecule has 1 heterocycles. The Morgan fingerprint density at radius 2 is 2.00 bits per heavy atom. The third-order valence-electron chi connectivity index (χ3n) is 2.37. The average molecular weight is 266 g/mol. The number of nitrogens with zero attached hydrogens (tertiary/aromatic N) is 3. The lowest BCUT2D eigenvalue weighted by molar-refractivity contribution is 0.684. The Kier molecular flexibility index (Phi) is 3.72. The number of nitrogens with one attached hydrogen (secondary N) is 1. The summed E-state index contributed by atoms with van der Waals surface area (Å²) in [5, 5.41) is 8.12. The van der Waals surface area contributed by atoms with Gasteiger partial charge in [-0.25, -0.2) is 0 Å². The first kappa shape index (κ1) is 12.7. The molecule has 0 bridgehead atoms. The highest BCUT2D eigenvalue weighted by Gasteiger charge is 2.08. The number of nitrogens with two attached hydrogens (primary N) is 1. The Morgan fingerprint density at radius 3 is 2.61 bits per heavy atom. The molecule has 0 spiro atoms. The molecule has 2 aromatic rings. The van der Waals surface area contributed by atoms with E-state index in [2.05, 4.69) is 29.2 Å². The Bertz CT molecular complexity index is 518. The van der Waals surface area contributed by atoms with E-state index in [4.69, 9.17) is 17.3 Å². The molecule has 5 nitrogen and oxygen atoms in total. The second kappa shape index (κ2) is 5.27. The maximum absolute atomic E-state index is 5.84. The van der Waals surface area contributed by atoms with Gasteiger partial charge in [-0.1, -0.05) is 25.4 Å². The van der Waals surface area contributed by atoms with Gasteiger partial charge >= 0.3 is 0 Å². The van der Waals surface area contributed by atoms with E-state index in [1.807, 2.05) is 12.1 Å². The lowest BCUT2D eigenvalue weighted by Crippen LogP contribution is -2.09. The third kappa shape index (κ3) is 2.92. The van der Waals surface area contributed by atoms with Gasteiger partial charge in [0.25, 0.3) is 0 Å². The first-order valence-corrected chi connectivity index (χ1v) is 6.16. The lowest BCUT2D eigenvalue weighted by atomic mass is 10.2. The van der Waals surface area contributed by atoms with E-state index < -0.39 is 0 Å². The van der Waals surface area contributed by atoms with Gasteiger partial charge in [-0.05, 0) is 30.2 Å². The SMILES string of the molecule is CC(C)CNc1nc(N)n(-c2ccc(Cl)cc2)n1. The van der Waals surface area contributed by atoms with Crippen LogP contribution in [-0.2, 0) is 0 Å². The summed E-state index contributed by atoms with van der Waals surface area (Å²) in [6.45, 7) is 5.04. The summed E-state index contributed by atoms with van der Waals surface area (Å²) < 4.78 is 1.58. The molecule has 0 atom stereocenters. The fourth-order valence-electron chi connectivity index (χ4n) is 1.47. The van der Waals surface area contributed by atoms with Crippen molar-refractivity contribution in [3.63, 3.8) is 0 Å². The Hall–Kier alpha value is -1.75. The summed E-state index contributed by atoms with van der Waals surface area (Å²) in [6, 6.07) is 7.28. The Balaban J connectivity index is 2.21. The van der Waals surface area contributed by atoms with Gasteiger partial charge in [0.1, 0.15) is 0 Å². The largest absolute Gasteiger partial charge is 0.368 e. The first-order valence-electron chi connectivity index (χ1n) is 5.78. The quantitative estimate of drug-likeness (QED) is 0.892. The van der Waals surface area contributed by atoms with Crippen molar-refractivity contribution in [1.29, 1.82) is 0 Å².